The van der Waals surface area contributed by atoms with Crippen LogP contribution in [0.1, 0.15) is 11.1 Å². The van der Waals surface area contributed by atoms with Gasteiger partial charge in [0.2, 0.25) is 5.91 Å². The van der Waals surface area contributed by atoms with Crippen molar-refractivity contribution in [2.75, 3.05) is 24.3 Å². The van der Waals surface area contributed by atoms with Crippen LogP contribution in [0.3, 0.4) is 0 Å². The first kappa shape index (κ1) is 10.2. The van der Waals surface area contributed by atoms with Gasteiger partial charge in [-0.15, -0.1) is 0 Å². The fourth-order valence-corrected chi connectivity index (χ4v) is 2.62. The van der Waals surface area contributed by atoms with E-state index in [1.165, 1.54) is 5.56 Å². The van der Waals surface area contributed by atoms with Gasteiger partial charge < -0.3 is 10.1 Å². The summed E-state index contributed by atoms with van der Waals surface area (Å²) in [5, 5.41) is 2.84. The molecule has 1 N–H and O–H groups in total. The summed E-state index contributed by atoms with van der Waals surface area (Å²) in [6.07, 6.45) is 0.493. The lowest BCUT2D eigenvalue weighted by atomic mass is 9.80. The van der Waals surface area contributed by atoms with Gasteiger partial charge in [-0.05, 0) is 17.2 Å². The maximum Gasteiger partial charge on any atom is 0.228 e. The standard InChI is InChI=1S/C12H13NO2S/c14-11-4-8-3-9(1-2-10(8)13-11)12(7-16)5-15-6-12/h1-3,16H,4-7H2,(H,13,14). The molecular formula is C12H13NO2S. The Kier molecular flexibility index (Phi) is 2.23. The zero-order chi connectivity index (χ0) is 11.2. The molecule has 0 spiro atoms. The zero-order valence-corrected chi connectivity index (χ0v) is 9.72. The van der Waals surface area contributed by atoms with Crippen molar-refractivity contribution in [1.29, 1.82) is 0 Å². The molecule has 3 nitrogen and oxygen atoms in total. The fraction of sp³-hybridized carbons (Fsp3) is 0.417. The molecule has 1 aromatic carbocycles. The fourth-order valence-electron chi connectivity index (χ4n) is 2.26. The molecule has 2 aliphatic rings. The van der Waals surface area contributed by atoms with E-state index < -0.39 is 0 Å². The number of fused-ring (bicyclic) bond motifs is 1. The Bertz CT molecular complexity index is 449. The minimum Gasteiger partial charge on any atom is -0.379 e. The van der Waals surface area contributed by atoms with Gasteiger partial charge in [-0.3, -0.25) is 4.79 Å². The Hall–Kier alpha value is -1.00. The van der Waals surface area contributed by atoms with Crippen molar-refractivity contribution in [2.45, 2.75) is 11.8 Å². The second-order valence-electron chi connectivity index (χ2n) is 4.53. The van der Waals surface area contributed by atoms with Crippen molar-refractivity contribution in [3.05, 3.63) is 29.3 Å². The SMILES string of the molecule is O=C1Cc2cc(C3(CS)COC3)ccc2N1. The van der Waals surface area contributed by atoms with Gasteiger partial charge in [0.05, 0.1) is 25.0 Å². The molecule has 0 atom stereocenters. The molecule has 0 radical (unpaired) electrons. The van der Waals surface area contributed by atoms with Gasteiger partial charge in [0.1, 0.15) is 0 Å². The summed E-state index contributed by atoms with van der Waals surface area (Å²) in [4.78, 5) is 11.3. The van der Waals surface area contributed by atoms with E-state index in [0.29, 0.717) is 6.42 Å². The Morgan fingerprint density at radius 2 is 2.25 bits per heavy atom. The summed E-state index contributed by atoms with van der Waals surface area (Å²) in [7, 11) is 0. The number of anilines is 1. The highest BCUT2D eigenvalue weighted by molar-refractivity contribution is 7.80. The van der Waals surface area contributed by atoms with Crippen LogP contribution in [-0.2, 0) is 21.4 Å². The van der Waals surface area contributed by atoms with Crippen LogP contribution in [0.2, 0.25) is 0 Å². The van der Waals surface area contributed by atoms with Crippen molar-refractivity contribution >= 4 is 24.2 Å². The lowest BCUT2D eigenvalue weighted by molar-refractivity contribution is -0.115. The smallest absolute Gasteiger partial charge is 0.228 e. The molecule has 84 valence electrons. The van der Waals surface area contributed by atoms with E-state index in [4.69, 9.17) is 4.74 Å². The Morgan fingerprint density at radius 1 is 1.44 bits per heavy atom. The van der Waals surface area contributed by atoms with Crippen molar-refractivity contribution in [1.82, 2.24) is 0 Å². The van der Waals surface area contributed by atoms with E-state index in [9.17, 15) is 4.79 Å². The molecule has 0 bridgehead atoms. The summed E-state index contributed by atoms with van der Waals surface area (Å²) < 4.78 is 5.29. The number of rotatable bonds is 2. The Morgan fingerprint density at radius 3 is 2.88 bits per heavy atom. The van der Waals surface area contributed by atoms with E-state index >= 15 is 0 Å². The second-order valence-corrected chi connectivity index (χ2v) is 4.84. The minimum absolute atomic E-state index is 0.0593. The number of hydrogen-bond donors (Lipinski definition) is 2. The lowest BCUT2D eigenvalue weighted by Gasteiger charge is -2.41. The van der Waals surface area contributed by atoms with Gasteiger partial charge in [0.25, 0.3) is 0 Å². The van der Waals surface area contributed by atoms with E-state index in [-0.39, 0.29) is 11.3 Å². The third-order valence-corrected chi connectivity index (χ3v) is 4.01. The molecule has 1 fully saturated rings. The molecule has 2 heterocycles. The van der Waals surface area contributed by atoms with Crippen LogP contribution in [0.5, 0.6) is 0 Å². The van der Waals surface area contributed by atoms with Gasteiger partial charge in [-0.1, -0.05) is 12.1 Å². The summed E-state index contributed by atoms with van der Waals surface area (Å²) in [6.45, 7) is 1.47. The summed E-state index contributed by atoms with van der Waals surface area (Å²) in [5.41, 5.74) is 3.34. The Labute approximate surface area is 99.6 Å². The molecule has 3 rings (SSSR count). The molecule has 0 aromatic heterocycles. The van der Waals surface area contributed by atoms with Crippen molar-refractivity contribution in [3.8, 4) is 0 Å². The minimum atomic E-state index is 0.0593. The van der Waals surface area contributed by atoms with Crippen LogP contribution >= 0.6 is 12.6 Å². The van der Waals surface area contributed by atoms with Crippen molar-refractivity contribution < 1.29 is 9.53 Å². The van der Waals surface area contributed by atoms with Gasteiger partial charge in [-0.2, -0.15) is 12.6 Å². The molecular weight excluding hydrogens is 222 g/mol. The number of benzene rings is 1. The van der Waals surface area contributed by atoms with Crippen LogP contribution in [0.4, 0.5) is 5.69 Å². The summed E-state index contributed by atoms with van der Waals surface area (Å²) in [6, 6.07) is 6.17. The van der Waals surface area contributed by atoms with Crippen LogP contribution in [0.15, 0.2) is 18.2 Å². The number of carbonyl (C=O) groups is 1. The van der Waals surface area contributed by atoms with E-state index in [1.54, 1.807) is 0 Å². The molecule has 2 aliphatic heterocycles. The third-order valence-electron chi connectivity index (χ3n) is 3.40. The quantitative estimate of drug-likeness (QED) is 0.760. The van der Waals surface area contributed by atoms with Crippen LogP contribution in [-0.4, -0.2) is 24.9 Å². The average molecular weight is 235 g/mol. The van der Waals surface area contributed by atoms with Crippen molar-refractivity contribution in [3.63, 3.8) is 0 Å². The van der Waals surface area contributed by atoms with E-state index in [1.807, 2.05) is 6.07 Å². The number of nitrogens with one attached hydrogen (secondary N) is 1. The highest BCUT2D eigenvalue weighted by Crippen LogP contribution is 2.36. The molecule has 0 unspecified atom stereocenters. The predicted octanol–water partition coefficient (Wildman–Crippen LogP) is 1.38. The lowest BCUT2D eigenvalue weighted by Crippen LogP contribution is -2.48. The average Bonchev–Trinajstić information content (AvgIpc) is 2.56. The predicted molar refractivity (Wildman–Crippen MR) is 65.1 cm³/mol. The molecule has 1 amide bonds. The highest BCUT2D eigenvalue weighted by Gasteiger charge is 2.39. The molecule has 1 saturated heterocycles. The monoisotopic (exact) mass is 235 g/mol. The highest BCUT2D eigenvalue weighted by atomic mass is 32.1. The van der Waals surface area contributed by atoms with Gasteiger partial charge in [-0.25, -0.2) is 0 Å². The number of thiol groups is 1. The largest absolute Gasteiger partial charge is 0.379 e. The van der Waals surface area contributed by atoms with E-state index in [0.717, 1.165) is 30.2 Å². The van der Waals surface area contributed by atoms with Crippen LogP contribution < -0.4 is 5.32 Å². The van der Waals surface area contributed by atoms with Gasteiger partial charge >= 0.3 is 0 Å². The molecule has 1 aromatic rings. The van der Waals surface area contributed by atoms with E-state index in [2.05, 4.69) is 30.1 Å². The number of ether oxygens (including phenoxy) is 1. The van der Waals surface area contributed by atoms with Crippen molar-refractivity contribution in [2.24, 2.45) is 0 Å². The number of amides is 1. The first-order chi connectivity index (χ1) is 7.73. The summed E-state index contributed by atoms with van der Waals surface area (Å²) in [5.74, 6) is 0.865. The maximum atomic E-state index is 11.3. The van der Waals surface area contributed by atoms with Crippen LogP contribution in [0.25, 0.3) is 0 Å². The summed E-state index contributed by atoms with van der Waals surface area (Å²) >= 11 is 4.40. The Balaban J connectivity index is 1.98. The molecule has 0 aliphatic carbocycles. The third kappa shape index (κ3) is 1.37. The van der Waals surface area contributed by atoms with Gasteiger partial charge in [0.15, 0.2) is 0 Å². The molecule has 4 heteroatoms. The second kappa shape index (κ2) is 3.50. The van der Waals surface area contributed by atoms with Gasteiger partial charge in [0, 0.05) is 11.4 Å². The first-order valence-corrected chi connectivity index (χ1v) is 5.99. The number of hydrogen-bond acceptors (Lipinski definition) is 3. The van der Waals surface area contributed by atoms with Crippen LogP contribution in [0, 0.1) is 0 Å². The topological polar surface area (TPSA) is 38.3 Å². The zero-order valence-electron chi connectivity index (χ0n) is 8.82. The first-order valence-electron chi connectivity index (χ1n) is 5.35. The number of carbonyl (C=O) groups excluding carboxylic acids is 1. The normalized spacial score (nSPS) is 21.2. The molecule has 16 heavy (non-hydrogen) atoms. The maximum absolute atomic E-state index is 11.3. The molecule has 0 saturated carbocycles.